The summed E-state index contributed by atoms with van der Waals surface area (Å²) in [6.45, 7) is 3.01. The fourth-order valence-corrected chi connectivity index (χ4v) is 5.29. The lowest BCUT2D eigenvalue weighted by Crippen LogP contribution is -2.37. The molecule has 2 aromatic rings. The quantitative estimate of drug-likeness (QED) is 0.640. The van der Waals surface area contributed by atoms with Crippen LogP contribution in [0.1, 0.15) is 30.1 Å². The zero-order valence-corrected chi connectivity index (χ0v) is 19.8. The van der Waals surface area contributed by atoms with Crippen LogP contribution in [0.5, 0.6) is 11.5 Å². The number of nitrogens with zero attached hydrogens (tertiary/aromatic N) is 1. The maximum Gasteiger partial charge on any atom is 0.257 e. The molecule has 0 spiro atoms. The van der Waals surface area contributed by atoms with Crippen LogP contribution in [0.4, 0.5) is 5.69 Å². The van der Waals surface area contributed by atoms with Crippen molar-refractivity contribution in [1.82, 2.24) is 4.31 Å². The van der Waals surface area contributed by atoms with Crippen LogP contribution in [0, 0.1) is 5.92 Å². The van der Waals surface area contributed by atoms with Crippen molar-refractivity contribution in [2.24, 2.45) is 5.92 Å². The molecule has 1 N–H and O–H groups in total. The molecule has 0 unspecified atom stereocenters. The van der Waals surface area contributed by atoms with E-state index in [-0.39, 0.29) is 15.5 Å². The first-order chi connectivity index (χ1) is 14.7. The first-order valence-corrected chi connectivity index (χ1v) is 11.9. The van der Waals surface area contributed by atoms with E-state index >= 15 is 0 Å². The van der Waals surface area contributed by atoms with E-state index in [4.69, 9.17) is 32.7 Å². The number of benzene rings is 2. The van der Waals surface area contributed by atoms with E-state index in [1.54, 1.807) is 0 Å². The monoisotopic (exact) mass is 486 g/mol. The molecular formula is C21H24Cl2N2O5S. The van der Waals surface area contributed by atoms with E-state index in [0.717, 1.165) is 12.8 Å². The Bertz CT molecular complexity index is 1080. The number of amides is 1. The van der Waals surface area contributed by atoms with Gasteiger partial charge < -0.3 is 14.8 Å². The zero-order chi connectivity index (χ0) is 22.8. The smallest absolute Gasteiger partial charge is 0.257 e. The Morgan fingerprint density at radius 1 is 1.03 bits per heavy atom. The van der Waals surface area contributed by atoms with Crippen molar-refractivity contribution < 1.29 is 22.7 Å². The predicted molar refractivity (Wildman–Crippen MR) is 121 cm³/mol. The average molecular weight is 487 g/mol. The zero-order valence-electron chi connectivity index (χ0n) is 17.4. The largest absolute Gasteiger partial charge is 0.495 e. The molecule has 1 amide bonds. The van der Waals surface area contributed by atoms with Gasteiger partial charge in [-0.2, -0.15) is 4.31 Å². The van der Waals surface area contributed by atoms with Gasteiger partial charge in [0, 0.05) is 25.2 Å². The standard InChI is InChI=1S/C21H24Cl2N2O5S/c1-13-6-8-25(9-7-13)31(27,28)14-4-5-16(22)15(10-14)21(26)24-18-12-19(29-2)17(23)11-20(18)30-3/h4-5,10-13H,6-9H2,1-3H3,(H,24,26). The third kappa shape index (κ3) is 5.09. The second-order valence-electron chi connectivity index (χ2n) is 7.37. The summed E-state index contributed by atoms with van der Waals surface area (Å²) < 4.78 is 38.0. The maximum absolute atomic E-state index is 13.1. The van der Waals surface area contributed by atoms with Crippen LogP contribution in [0.2, 0.25) is 10.0 Å². The second kappa shape index (κ2) is 9.65. The molecule has 168 valence electrons. The van der Waals surface area contributed by atoms with Crippen molar-refractivity contribution in [3.63, 3.8) is 0 Å². The molecule has 0 saturated carbocycles. The Labute approximate surface area is 192 Å². The molecule has 10 heteroatoms. The van der Waals surface area contributed by atoms with Crippen molar-refractivity contribution in [2.45, 2.75) is 24.7 Å². The molecule has 3 rings (SSSR count). The van der Waals surface area contributed by atoms with E-state index in [9.17, 15) is 13.2 Å². The third-order valence-electron chi connectivity index (χ3n) is 5.28. The number of halogens is 2. The van der Waals surface area contributed by atoms with Crippen molar-refractivity contribution in [3.8, 4) is 11.5 Å². The number of carbonyl (C=O) groups is 1. The van der Waals surface area contributed by atoms with Crippen molar-refractivity contribution in [2.75, 3.05) is 32.6 Å². The van der Waals surface area contributed by atoms with Gasteiger partial charge in [-0.3, -0.25) is 4.79 Å². The molecule has 0 radical (unpaired) electrons. The number of hydrogen-bond acceptors (Lipinski definition) is 5. The Morgan fingerprint density at radius 3 is 2.29 bits per heavy atom. The molecule has 1 fully saturated rings. The number of sulfonamides is 1. The molecule has 7 nitrogen and oxygen atoms in total. The molecule has 1 aliphatic rings. The van der Waals surface area contributed by atoms with Crippen LogP contribution in [0.25, 0.3) is 0 Å². The van der Waals surface area contributed by atoms with E-state index in [2.05, 4.69) is 12.2 Å². The van der Waals surface area contributed by atoms with E-state index in [1.165, 1.54) is 48.9 Å². The number of methoxy groups -OCH3 is 2. The third-order valence-corrected chi connectivity index (χ3v) is 7.80. The van der Waals surface area contributed by atoms with Crippen molar-refractivity contribution in [1.29, 1.82) is 0 Å². The number of hydrogen-bond donors (Lipinski definition) is 1. The number of piperidine rings is 1. The van der Waals surface area contributed by atoms with E-state index < -0.39 is 15.9 Å². The Balaban J connectivity index is 1.91. The van der Waals surface area contributed by atoms with Gasteiger partial charge in [0.2, 0.25) is 10.0 Å². The second-order valence-corrected chi connectivity index (χ2v) is 10.1. The van der Waals surface area contributed by atoms with Gasteiger partial charge in [-0.15, -0.1) is 0 Å². The minimum atomic E-state index is -3.73. The lowest BCUT2D eigenvalue weighted by atomic mass is 10.0. The van der Waals surface area contributed by atoms with Crippen LogP contribution >= 0.6 is 23.2 Å². The van der Waals surface area contributed by atoms with Gasteiger partial charge in [0.1, 0.15) is 11.5 Å². The normalized spacial score (nSPS) is 15.5. The first-order valence-electron chi connectivity index (χ1n) is 9.70. The van der Waals surface area contributed by atoms with Gasteiger partial charge in [-0.1, -0.05) is 30.1 Å². The van der Waals surface area contributed by atoms with Gasteiger partial charge in [0.05, 0.1) is 40.4 Å². The van der Waals surface area contributed by atoms with Gasteiger partial charge in [-0.25, -0.2) is 8.42 Å². The summed E-state index contributed by atoms with van der Waals surface area (Å²) in [7, 11) is -0.839. The van der Waals surface area contributed by atoms with Crippen LogP contribution in [-0.2, 0) is 10.0 Å². The van der Waals surface area contributed by atoms with Crippen molar-refractivity contribution >= 4 is 44.8 Å². The highest BCUT2D eigenvalue weighted by atomic mass is 35.5. The molecule has 0 aromatic heterocycles. The fourth-order valence-electron chi connectivity index (χ4n) is 3.36. The van der Waals surface area contributed by atoms with E-state index in [0.29, 0.717) is 41.2 Å². The van der Waals surface area contributed by atoms with Gasteiger partial charge in [0.15, 0.2) is 0 Å². The molecular weight excluding hydrogens is 463 g/mol. The molecule has 31 heavy (non-hydrogen) atoms. The van der Waals surface area contributed by atoms with Crippen LogP contribution < -0.4 is 14.8 Å². The SMILES string of the molecule is COc1cc(NC(=O)c2cc(S(=O)(=O)N3CCC(C)CC3)ccc2Cl)c(OC)cc1Cl. The molecule has 0 atom stereocenters. The van der Waals surface area contributed by atoms with Gasteiger partial charge in [0.25, 0.3) is 5.91 Å². The summed E-state index contributed by atoms with van der Waals surface area (Å²) in [5, 5.41) is 3.14. The summed E-state index contributed by atoms with van der Waals surface area (Å²) in [4.78, 5) is 13.0. The molecule has 1 aliphatic heterocycles. The minimum absolute atomic E-state index is 0.0252. The summed E-state index contributed by atoms with van der Waals surface area (Å²) in [5.41, 5.74) is 0.340. The average Bonchev–Trinajstić information content (AvgIpc) is 2.75. The Kier molecular flexibility index (Phi) is 7.36. The summed E-state index contributed by atoms with van der Waals surface area (Å²) in [5.74, 6) is 0.572. The Hall–Kier alpha value is -2.00. The van der Waals surface area contributed by atoms with Crippen LogP contribution in [-0.4, -0.2) is 45.9 Å². The fraction of sp³-hybridized carbons (Fsp3) is 0.381. The molecule has 0 bridgehead atoms. The van der Waals surface area contributed by atoms with Crippen LogP contribution in [0.3, 0.4) is 0 Å². The predicted octanol–water partition coefficient (Wildman–Crippen LogP) is 4.68. The highest BCUT2D eigenvalue weighted by Gasteiger charge is 2.29. The van der Waals surface area contributed by atoms with Gasteiger partial charge >= 0.3 is 0 Å². The molecule has 2 aromatic carbocycles. The van der Waals surface area contributed by atoms with Crippen molar-refractivity contribution in [3.05, 3.63) is 45.9 Å². The highest BCUT2D eigenvalue weighted by Crippen LogP contribution is 2.36. The lowest BCUT2D eigenvalue weighted by molar-refractivity contribution is 0.102. The van der Waals surface area contributed by atoms with Gasteiger partial charge in [-0.05, 0) is 37.0 Å². The number of carbonyl (C=O) groups excluding carboxylic acids is 1. The number of anilines is 1. The molecule has 1 saturated heterocycles. The van der Waals surface area contributed by atoms with Crippen LogP contribution in [0.15, 0.2) is 35.2 Å². The Morgan fingerprint density at radius 2 is 1.68 bits per heavy atom. The molecule has 0 aliphatic carbocycles. The summed E-state index contributed by atoms with van der Waals surface area (Å²) in [6, 6.07) is 7.15. The number of nitrogens with one attached hydrogen (secondary N) is 1. The highest BCUT2D eigenvalue weighted by molar-refractivity contribution is 7.89. The minimum Gasteiger partial charge on any atom is -0.495 e. The first kappa shape index (κ1) is 23.7. The van der Waals surface area contributed by atoms with E-state index in [1.807, 2.05) is 0 Å². The number of ether oxygens (including phenoxy) is 2. The number of rotatable bonds is 6. The topological polar surface area (TPSA) is 84.9 Å². The summed E-state index contributed by atoms with van der Waals surface area (Å²) in [6.07, 6.45) is 1.61. The lowest BCUT2D eigenvalue weighted by Gasteiger charge is -2.29. The molecule has 1 heterocycles. The maximum atomic E-state index is 13.1. The summed E-state index contributed by atoms with van der Waals surface area (Å²) >= 11 is 12.3.